The molecule has 0 saturated carbocycles. The summed E-state index contributed by atoms with van der Waals surface area (Å²) in [4.78, 5) is 29.9. The van der Waals surface area contributed by atoms with Gasteiger partial charge in [-0.3, -0.25) is 9.59 Å². The van der Waals surface area contributed by atoms with Crippen LogP contribution in [0.3, 0.4) is 0 Å². The van der Waals surface area contributed by atoms with E-state index in [0.717, 1.165) is 0 Å². The van der Waals surface area contributed by atoms with E-state index in [0.29, 0.717) is 21.5 Å². The molecule has 0 aliphatic carbocycles. The molecule has 2 heterocycles. The molecule has 0 aliphatic heterocycles. The molecule has 9 heteroatoms. The summed E-state index contributed by atoms with van der Waals surface area (Å²) in [5.74, 6) is -1.46. The minimum atomic E-state index is -0.651. The Labute approximate surface area is 208 Å². The molecule has 2 N–H and O–H groups in total. The summed E-state index contributed by atoms with van der Waals surface area (Å²) < 4.78 is 19.8. The highest BCUT2D eigenvalue weighted by atomic mass is 35.5. The first kappa shape index (κ1) is 22.8. The first-order valence-corrected chi connectivity index (χ1v) is 11.2. The number of hydrogen-bond acceptors (Lipinski definition) is 4. The largest absolute Gasteiger partial charge is 0.360 e. The molecule has 2 aromatic heterocycles. The van der Waals surface area contributed by atoms with Gasteiger partial charge < -0.3 is 14.8 Å². The molecule has 0 radical (unpaired) electrons. The van der Waals surface area contributed by atoms with Crippen molar-refractivity contribution in [2.45, 2.75) is 6.92 Å². The van der Waals surface area contributed by atoms with Crippen LogP contribution in [0.2, 0.25) is 10.0 Å². The summed E-state index contributed by atoms with van der Waals surface area (Å²) >= 11 is 12.3. The smallest absolute Gasteiger partial charge is 0.261 e. The molecule has 0 aliphatic rings. The van der Waals surface area contributed by atoms with Crippen molar-refractivity contribution >= 4 is 51.5 Å². The van der Waals surface area contributed by atoms with Gasteiger partial charge in [0, 0.05) is 21.5 Å². The second kappa shape index (κ2) is 9.02. The van der Waals surface area contributed by atoms with E-state index in [4.69, 9.17) is 27.7 Å². The second-order valence-electron chi connectivity index (χ2n) is 7.77. The normalized spacial score (nSPS) is 11.1. The molecule has 0 atom stereocenters. The number of hydrogen-bond donors (Lipinski definition) is 2. The van der Waals surface area contributed by atoms with Crippen LogP contribution in [0.5, 0.6) is 0 Å². The third-order valence-electron chi connectivity index (χ3n) is 5.55. The maximum absolute atomic E-state index is 14.6. The number of nitrogens with one attached hydrogen (secondary N) is 2. The van der Waals surface area contributed by atoms with Gasteiger partial charge >= 0.3 is 0 Å². The van der Waals surface area contributed by atoms with E-state index in [1.54, 1.807) is 48.5 Å². The number of aryl methyl sites for hydroxylation is 1. The number of anilines is 1. The van der Waals surface area contributed by atoms with E-state index in [1.165, 1.54) is 25.1 Å². The number of aromatic amines is 1. The van der Waals surface area contributed by atoms with Crippen molar-refractivity contribution in [1.82, 2.24) is 10.1 Å². The van der Waals surface area contributed by atoms with Crippen LogP contribution >= 0.6 is 23.2 Å². The Hall–Kier alpha value is -3.94. The van der Waals surface area contributed by atoms with E-state index in [2.05, 4.69) is 15.5 Å². The number of carbonyl (C=O) groups is 2. The second-order valence-corrected chi connectivity index (χ2v) is 8.62. The molecule has 35 heavy (non-hydrogen) atoms. The molecule has 1 amide bonds. The van der Waals surface area contributed by atoms with Crippen LogP contribution < -0.4 is 5.32 Å². The van der Waals surface area contributed by atoms with Gasteiger partial charge in [0.2, 0.25) is 5.78 Å². The first-order chi connectivity index (χ1) is 16.8. The average Bonchev–Trinajstić information content (AvgIpc) is 3.39. The van der Waals surface area contributed by atoms with E-state index < -0.39 is 11.7 Å². The SMILES string of the molecule is Cc1onc(-c2c(F)cccc2Cl)c1C(=O)Nc1c(C(=O)c2ccccc2)[nH]c2cc(Cl)ccc12. The highest BCUT2D eigenvalue weighted by Gasteiger charge is 2.28. The molecule has 0 bridgehead atoms. The lowest BCUT2D eigenvalue weighted by Gasteiger charge is -2.09. The number of H-pyrrole nitrogens is 1. The zero-order chi connectivity index (χ0) is 24.7. The Morgan fingerprint density at radius 2 is 1.80 bits per heavy atom. The number of fused-ring (bicyclic) bond motifs is 1. The maximum Gasteiger partial charge on any atom is 0.261 e. The topological polar surface area (TPSA) is 88.0 Å². The van der Waals surface area contributed by atoms with Crippen LogP contribution in [0.1, 0.15) is 32.2 Å². The van der Waals surface area contributed by atoms with Crippen molar-refractivity contribution in [2.24, 2.45) is 0 Å². The molecule has 0 unspecified atom stereocenters. The van der Waals surface area contributed by atoms with Crippen molar-refractivity contribution in [1.29, 1.82) is 0 Å². The molecule has 5 rings (SSSR count). The monoisotopic (exact) mass is 507 g/mol. The van der Waals surface area contributed by atoms with Crippen LogP contribution in [-0.4, -0.2) is 21.8 Å². The molecule has 5 aromatic rings. The predicted octanol–water partition coefficient (Wildman–Crippen LogP) is 7.06. The summed E-state index contributed by atoms with van der Waals surface area (Å²) in [6.45, 7) is 1.53. The summed E-state index contributed by atoms with van der Waals surface area (Å²) in [7, 11) is 0. The van der Waals surface area contributed by atoms with Crippen LogP contribution in [-0.2, 0) is 0 Å². The molecule has 3 aromatic carbocycles. The number of amides is 1. The lowest BCUT2D eigenvalue weighted by molar-refractivity contribution is 0.102. The van der Waals surface area contributed by atoms with Gasteiger partial charge in [0.25, 0.3) is 5.91 Å². The summed E-state index contributed by atoms with van der Waals surface area (Å²) in [5, 5.41) is 7.79. The fraction of sp³-hybridized carbons (Fsp3) is 0.0385. The highest BCUT2D eigenvalue weighted by Crippen LogP contribution is 2.36. The quantitative estimate of drug-likeness (QED) is 0.249. The van der Waals surface area contributed by atoms with Gasteiger partial charge in [-0.15, -0.1) is 0 Å². The van der Waals surface area contributed by atoms with Crippen LogP contribution in [0.15, 0.2) is 71.3 Å². The standard InChI is InChI=1S/C26H16Cl2FN3O3/c1-13-20(23(32-35-13)21-17(28)8-5-9-18(21)29)26(34)31-22-16-11-10-15(27)12-19(16)30-24(22)25(33)14-6-3-2-4-7-14/h2-12,30H,1H3,(H,31,34). The Morgan fingerprint density at radius 1 is 1.03 bits per heavy atom. The number of nitrogens with zero attached hydrogens (tertiary/aromatic N) is 1. The minimum Gasteiger partial charge on any atom is -0.360 e. The van der Waals surface area contributed by atoms with Crippen molar-refractivity contribution in [3.05, 3.63) is 105 Å². The molecule has 0 saturated heterocycles. The zero-order valence-corrected chi connectivity index (χ0v) is 19.7. The summed E-state index contributed by atoms with van der Waals surface area (Å²) in [6, 6.07) is 17.8. The highest BCUT2D eigenvalue weighted by molar-refractivity contribution is 6.33. The Kier molecular flexibility index (Phi) is 5.88. The van der Waals surface area contributed by atoms with Gasteiger partial charge in [-0.2, -0.15) is 0 Å². The van der Waals surface area contributed by atoms with Gasteiger partial charge in [-0.25, -0.2) is 4.39 Å². The van der Waals surface area contributed by atoms with Crippen LogP contribution in [0, 0.1) is 12.7 Å². The number of rotatable bonds is 5. The zero-order valence-electron chi connectivity index (χ0n) is 18.2. The van der Waals surface area contributed by atoms with Crippen molar-refractivity contribution in [2.75, 3.05) is 5.32 Å². The predicted molar refractivity (Wildman–Crippen MR) is 133 cm³/mol. The van der Waals surface area contributed by atoms with Crippen LogP contribution in [0.4, 0.5) is 10.1 Å². The lowest BCUT2D eigenvalue weighted by Crippen LogP contribution is -2.16. The van der Waals surface area contributed by atoms with Crippen LogP contribution in [0.25, 0.3) is 22.2 Å². The fourth-order valence-corrected chi connectivity index (χ4v) is 4.34. The average molecular weight is 508 g/mol. The van der Waals surface area contributed by atoms with Gasteiger partial charge in [0.15, 0.2) is 0 Å². The van der Waals surface area contributed by atoms with Crippen molar-refractivity contribution in [3.63, 3.8) is 0 Å². The molecule has 0 spiro atoms. The number of halogens is 3. The van der Waals surface area contributed by atoms with E-state index >= 15 is 0 Å². The Morgan fingerprint density at radius 3 is 2.54 bits per heavy atom. The molecule has 6 nitrogen and oxygen atoms in total. The lowest BCUT2D eigenvalue weighted by atomic mass is 10.0. The van der Waals surface area contributed by atoms with Gasteiger partial charge in [0.05, 0.1) is 16.3 Å². The van der Waals surface area contributed by atoms with Crippen molar-refractivity contribution in [3.8, 4) is 11.3 Å². The maximum atomic E-state index is 14.6. The van der Waals surface area contributed by atoms with Gasteiger partial charge in [0.1, 0.15) is 28.5 Å². The molecular formula is C26H16Cl2FN3O3. The minimum absolute atomic E-state index is 0.00146. The number of benzene rings is 3. The Balaban J connectivity index is 1.63. The van der Waals surface area contributed by atoms with Crippen molar-refractivity contribution < 1.29 is 18.5 Å². The third-order valence-corrected chi connectivity index (χ3v) is 6.10. The number of carbonyl (C=O) groups excluding carboxylic acids is 2. The first-order valence-electron chi connectivity index (χ1n) is 10.5. The Bertz CT molecular complexity index is 1590. The fourth-order valence-electron chi connectivity index (χ4n) is 3.91. The third kappa shape index (κ3) is 4.09. The van der Waals surface area contributed by atoms with Gasteiger partial charge in [-0.05, 0) is 37.3 Å². The van der Waals surface area contributed by atoms with E-state index in [-0.39, 0.29) is 44.8 Å². The molecule has 0 fully saturated rings. The molecule has 174 valence electrons. The van der Waals surface area contributed by atoms with E-state index in [1.807, 2.05) is 0 Å². The summed E-state index contributed by atoms with van der Waals surface area (Å²) in [6.07, 6.45) is 0. The van der Waals surface area contributed by atoms with Gasteiger partial charge in [-0.1, -0.05) is 64.8 Å². The number of aromatic nitrogens is 2. The summed E-state index contributed by atoms with van der Waals surface area (Å²) in [5.41, 5.74) is 1.32. The molecular weight excluding hydrogens is 492 g/mol. The number of ketones is 1. The van der Waals surface area contributed by atoms with E-state index in [9.17, 15) is 14.0 Å².